The third-order valence-corrected chi connectivity index (χ3v) is 6.49. The molecule has 36 heavy (non-hydrogen) atoms. The van der Waals surface area contributed by atoms with Gasteiger partial charge in [-0.15, -0.1) is 0 Å². The van der Waals surface area contributed by atoms with Gasteiger partial charge in [-0.2, -0.15) is 13.2 Å². The average molecular weight is 491 g/mol. The van der Waals surface area contributed by atoms with Gasteiger partial charge in [0.2, 0.25) is 0 Å². The number of rotatable bonds is 3. The van der Waals surface area contributed by atoms with Crippen LogP contribution in [0.5, 0.6) is 0 Å². The number of amides is 2. The number of benzene rings is 2. The molecule has 2 aliphatic rings. The first-order valence-electron chi connectivity index (χ1n) is 11.4. The number of fused-ring (bicyclic) bond motifs is 4. The lowest BCUT2D eigenvalue weighted by molar-refractivity contribution is -0.137. The normalized spacial score (nSPS) is 16.7. The number of urea groups is 1. The molecule has 0 aliphatic carbocycles. The fraction of sp³-hybridized carbons (Fsp3) is 0.192. The van der Waals surface area contributed by atoms with Gasteiger partial charge >= 0.3 is 12.2 Å². The number of pyridine rings is 1. The molecule has 1 fully saturated rings. The van der Waals surface area contributed by atoms with Crippen LogP contribution in [-0.4, -0.2) is 35.1 Å². The van der Waals surface area contributed by atoms with Crippen LogP contribution in [0.25, 0.3) is 22.6 Å². The van der Waals surface area contributed by atoms with E-state index < -0.39 is 11.7 Å². The quantitative estimate of drug-likeness (QED) is 0.378. The summed E-state index contributed by atoms with van der Waals surface area (Å²) >= 11 is 0. The summed E-state index contributed by atoms with van der Waals surface area (Å²) in [7, 11) is 0. The van der Waals surface area contributed by atoms with Crippen molar-refractivity contribution in [2.75, 3.05) is 28.2 Å². The molecule has 0 spiro atoms. The van der Waals surface area contributed by atoms with Crippen molar-refractivity contribution >= 4 is 23.2 Å². The molecule has 0 radical (unpaired) electrons. The summed E-state index contributed by atoms with van der Waals surface area (Å²) in [6.07, 6.45) is -0.763. The van der Waals surface area contributed by atoms with Gasteiger partial charge in [-0.1, -0.05) is 24.3 Å². The van der Waals surface area contributed by atoms with Gasteiger partial charge in [-0.3, -0.25) is 4.90 Å². The van der Waals surface area contributed by atoms with Crippen molar-refractivity contribution in [3.63, 3.8) is 0 Å². The highest BCUT2D eigenvalue weighted by Crippen LogP contribution is 2.41. The van der Waals surface area contributed by atoms with E-state index in [1.54, 1.807) is 41.4 Å². The Kier molecular flexibility index (Phi) is 5.17. The van der Waals surface area contributed by atoms with Crippen molar-refractivity contribution in [3.05, 3.63) is 78.8 Å². The summed E-state index contributed by atoms with van der Waals surface area (Å²) < 4.78 is 45.1. The smallest absolute Gasteiger partial charge is 0.416 e. The van der Waals surface area contributed by atoms with Gasteiger partial charge in [-0.05, 0) is 42.8 Å². The fourth-order valence-corrected chi connectivity index (χ4v) is 4.78. The fourth-order valence-electron chi connectivity index (χ4n) is 4.78. The molecule has 10 heteroatoms. The number of anilines is 3. The van der Waals surface area contributed by atoms with Crippen LogP contribution in [0.4, 0.5) is 35.2 Å². The summed E-state index contributed by atoms with van der Waals surface area (Å²) in [5.41, 5.74) is 2.08. The van der Waals surface area contributed by atoms with Crippen LogP contribution >= 0.6 is 0 Å². The van der Waals surface area contributed by atoms with E-state index in [0.717, 1.165) is 36.3 Å². The number of alkyl halides is 3. The largest absolute Gasteiger partial charge is 0.444 e. The number of carbonyl (C=O) groups excluding carboxylic acids is 1. The first kappa shape index (κ1) is 22.1. The average Bonchev–Trinajstić information content (AvgIpc) is 3.55. The molecule has 2 bridgehead atoms. The molecule has 0 saturated carbocycles. The molecule has 2 aromatic heterocycles. The van der Waals surface area contributed by atoms with Crippen LogP contribution < -0.4 is 15.1 Å². The van der Waals surface area contributed by atoms with E-state index in [1.807, 2.05) is 12.1 Å². The van der Waals surface area contributed by atoms with Crippen molar-refractivity contribution in [2.24, 2.45) is 0 Å². The topological polar surface area (TPSA) is 74.5 Å². The van der Waals surface area contributed by atoms with Crippen LogP contribution in [0.2, 0.25) is 0 Å². The third-order valence-electron chi connectivity index (χ3n) is 6.49. The van der Waals surface area contributed by atoms with Gasteiger partial charge in [0.05, 0.1) is 29.2 Å². The lowest BCUT2D eigenvalue weighted by atomic mass is 10.1. The molecular formula is C26H20F3N5O2. The monoisotopic (exact) mass is 491 g/mol. The molecule has 0 unspecified atom stereocenters. The first-order chi connectivity index (χ1) is 17.4. The Morgan fingerprint density at radius 3 is 2.69 bits per heavy atom. The van der Waals surface area contributed by atoms with E-state index in [1.165, 1.54) is 12.5 Å². The van der Waals surface area contributed by atoms with Crippen LogP contribution in [0.1, 0.15) is 12.0 Å². The SMILES string of the molecule is O=C(Nc1cccc(-c2cnco2)c1)N1c2nc(-c3cccc(C(F)(F)F)c3)ccc2N2CC[C@@H]1C2. The number of hydrogen-bond acceptors (Lipinski definition) is 5. The zero-order valence-electron chi connectivity index (χ0n) is 18.9. The highest BCUT2D eigenvalue weighted by Gasteiger charge is 2.40. The Bertz CT molecular complexity index is 1440. The Morgan fingerprint density at radius 2 is 1.89 bits per heavy atom. The maximum Gasteiger partial charge on any atom is 0.416 e. The Hall–Kier alpha value is -4.34. The lowest BCUT2D eigenvalue weighted by Gasteiger charge is -2.36. The first-order valence-corrected chi connectivity index (χ1v) is 11.4. The highest BCUT2D eigenvalue weighted by atomic mass is 19.4. The van der Waals surface area contributed by atoms with Crippen LogP contribution in [0.3, 0.4) is 0 Å². The summed E-state index contributed by atoms with van der Waals surface area (Å²) in [6, 6.07) is 15.3. The molecule has 7 nitrogen and oxygen atoms in total. The minimum Gasteiger partial charge on any atom is -0.444 e. The molecule has 2 aromatic carbocycles. The second kappa shape index (κ2) is 8.40. The van der Waals surface area contributed by atoms with E-state index in [9.17, 15) is 18.0 Å². The van der Waals surface area contributed by atoms with Crippen LogP contribution in [-0.2, 0) is 6.18 Å². The van der Waals surface area contributed by atoms with Crippen molar-refractivity contribution < 1.29 is 22.4 Å². The number of halogens is 3. The lowest BCUT2D eigenvalue weighted by Crippen LogP contribution is -2.48. The molecule has 1 saturated heterocycles. The van der Waals surface area contributed by atoms with E-state index in [2.05, 4.69) is 20.2 Å². The number of aromatic nitrogens is 2. The van der Waals surface area contributed by atoms with Gasteiger partial charge in [-0.25, -0.2) is 14.8 Å². The van der Waals surface area contributed by atoms with Crippen molar-refractivity contribution in [1.82, 2.24) is 9.97 Å². The minimum absolute atomic E-state index is 0.0979. The van der Waals surface area contributed by atoms with E-state index in [-0.39, 0.29) is 12.1 Å². The number of hydrogen-bond donors (Lipinski definition) is 1. The van der Waals surface area contributed by atoms with Crippen LogP contribution in [0, 0.1) is 0 Å². The van der Waals surface area contributed by atoms with Gasteiger partial charge in [0.15, 0.2) is 18.0 Å². The maximum absolute atomic E-state index is 13.5. The second-order valence-electron chi connectivity index (χ2n) is 8.75. The zero-order chi connectivity index (χ0) is 24.9. The number of nitrogens with one attached hydrogen (secondary N) is 1. The molecular weight excluding hydrogens is 471 g/mol. The predicted molar refractivity (Wildman–Crippen MR) is 129 cm³/mol. The van der Waals surface area contributed by atoms with E-state index in [0.29, 0.717) is 35.1 Å². The van der Waals surface area contributed by atoms with Crippen molar-refractivity contribution in [2.45, 2.75) is 18.6 Å². The Balaban J connectivity index is 1.34. The molecule has 6 rings (SSSR count). The molecule has 2 aliphatic heterocycles. The molecule has 4 aromatic rings. The predicted octanol–water partition coefficient (Wildman–Crippen LogP) is 6.05. The van der Waals surface area contributed by atoms with E-state index >= 15 is 0 Å². The number of oxazole rings is 1. The molecule has 1 atom stereocenters. The number of carbonyl (C=O) groups is 1. The summed E-state index contributed by atoms with van der Waals surface area (Å²) in [6.45, 7) is 1.44. The molecule has 1 N–H and O–H groups in total. The standard InChI is InChI=1S/C26H20F3N5O2/c27-26(28,29)18-5-1-3-16(11-18)21-7-8-22-24(32-21)34(20-9-10-33(22)14-20)25(35)31-19-6-2-4-17(12-19)23-13-30-15-36-23/h1-8,11-13,15,20H,9-10,14H2,(H,31,35)/t20-/m1/s1. The highest BCUT2D eigenvalue weighted by molar-refractivity contribution is 6.05. The zero-order valence-corrected chi connectivity index (χ0v) is 18.9. The summed E-state index contributed by atoms with van der Waals surface area (Å²) in [5.74, 6) is 1.01. The summed E-state index contributed by atoms with van der Waals surface area (Å²) in [4.78, 5) is 25.9. The van der Waals surface area contributed by atoms with E-state index in [4.69, 9.17) is 4.42 Å². The Morgan fingerprint density at radius 1 is 1.06 bits per heavy atom. The second-order valence-corrected chi connectivity index (χ2v) is 8.75. The summed E-state index contributed by atoms with van der Waals surface area (Å²) in [5, 5.41) is 2.94. The van der Waals surface area contributed by atoms with Crippen molar-refractivity contribution in [1.29, 1.82) is 0 Å². The molecule has 182 valence electrons. The number of nitrogens with zero attached hydrogens (tertiary/aromatic N) is 4. The van der Waals surface area contributed by atoms with Crippen molar-refractivity contribution in [3.8, 4) is 22.6 Å². The Labute approximate surface area is 204 Å². The van der Waals surface area contributed by atoms with Crippen LogP contribution in [0.15, 0.2) is 77.7 Å². The minimum atomic E-state index is -4.46. The van der Waals surface area contributed by atoms with Gasteiger partial charge in [0.25, 0.3) is 0 Å². The third kappa shape index (κ3) is 3.94. The molecule has 2 amide bonds. The van der Waals surface area contributed by atoms with Gasteiger partial charge in [0.1, 0.15) is 0 Å². The van der Waals surface area contributed by atoms with Gasteiger partial charge in [0, 0.05) is 29.9 Å². The molecule has 4 heterocycles. The maximum atomic E-state index is 13.5. The van der Waals surface area contributed by atoms with Gasteiger partial charge < -0.3 is 14.6 Å².